The second-order valence-electron chi connectivity index (χ2n) is 19.9. The summed E-state index contributed by atoms with van der Waals surface area (Å²) < 4.78 is 0. The molecule has 0 aromatic heterocycles. The number of amides is 2. The van der Waals surface area contributed by atoms with Crippen LogP contribution in [-0.4, -0.2) is 57.3 Å². The lowest BCUT2D eigenvalue weighted by molar-refractivity contribution is -0.136. The number of aromatic hydroxyl groups is 2. The number of carbonyl (C=O) groups excluding carboxylic acids is 2. The number of phenolic OH excluding ortho intramolecular Hbond substituents is 2. The molecular weight excluding hydrogens is 815 g/mol. The Morgan fingerprint density at radius 1 is 0.754 bits per heavy atom. The van der Waals surface area contributed by atoms with E-state index in [9.17, 15) is 29.4 Å². The molecule has 4 aliphatic carbocycles. The molecule has 2 aromatic rings. The number of halogens is 2. The van der Waals surface area contributed by atoms with Gasteiger partial charge in [0.2, 0.25) is 0 Å². The predicted octanol–water partition coefficient (Wildman–Crippen LogP) is 11.0. The van der Waals surface area contributed by atoms with Crippen molar-refractivity contribution in [2.45, 2.75) is 125 Å². The number of hydrogen-bond acceptors (Lipinski definition) is 6. The van der Waals surface area contributed by atoms with Crippen molar-refractivity contribution in [1.29, 1.82) is 0 Å². The third kappa shape index (κ3) is 10.1. The summed E-state index contributed by atoms with van der Waals surface area (Å²) in [5.41, 5.74) is 1.63. The van der Waals surface area contributed by atoms with Crippen LogP contribution in [0.4, 0.5) is 0 Å². The molecule has 4 aliphatic rings. The van der Waals surface area contributed by atoms with E-state index < -0.39 is 48.3 Å². The average Bonchev–Trinajstić information content (AvgIpc) is 3.57. The highest BCUT2D eigenvalue weighted by atomic mass is 35.5. The van der Waals surface area contributed by atoms with Gasteiger partial charge in [0.1, 0.15) is 24.6 Å². The zero-order valence-electron chi connectivity index (χ0n) is 36.5. The third-order valence-corrected chi connectivity index (χ3v) is 16.5. The van der Waals surface area contributed by atoms with Crippen molar-refractivity contribution in [2.75, 3.05) is 13.1 Å². The minimum Gasteiger partial charge on any atom is -0.506 e. The number of carboxylic acids is 2. The molecule has 0 bridgehead atoms. The van der Waals surface area contributed by atoms with E-state index in [1.54, 1.807) is 0 Å². The van der Waals surface area contributed by atoms with E-state index in [1.165, 1.54) is 94.9 Å². The summed E-state index contributed by atoms with van der Waals surface area (Å²) in [5, 5.41) is 44.0. The van der Waals surface area contributed by atoms with Gasteiger partial charge >= 0.3 is 11.9 Å². The number of rotatable bonds is 16. The summed E-state index contributed by atoms with van der Waals surface area (Å²) in [6, 6.07) is 5.74. The number of hydrogen-bond donors (Lipinski definition) is 6. The Balaban J connectivity index is 1.21. The van der Waals surface area contributed by atoms with Gasteiger partial charge in [-0.1, -0.05) is 83.2 Å². The molecule has 9 atom stereocenters. The van der Waals surface area contributed by atoms with E-state index in [-0.39, 0.29) is 21.2 Å². The fourth-order valence-corrected chi connectivity index (χ4v) is 13.3. The van der Waals surface area contributed by atoms with E-state index in [2.05, 4.69) is 45.3 Å². The summed E-state index contributed by atoms with van der Waals surface area (Å²) in [4.78, 5) is 48.5. The van der Waals surface area contributed by atoms with Gasteiger partial charge in [0.15, 0.2) is 0 Å². The highest BCUT2D eigenvalue weighted by molar-refractivity contribution is 6.33. The fraction of sp³-hybridized carbons (Fsp3) is 0.633. The number of aliphatic carboxylic acids is 2. The van der Waals surface area contributed by atoms with Crippen LogP contribution in [0.2, 0.25) is 10.0 Å². The van der Waals surface area contributed by atoms with Crippen LogP contribution in [0.1, 0.15) is 156 Å². The molecule has 10 nitrogen and oxygen atoms in total. The Morgan fingerprint density at radius 2 is 1.31 bits per heavy atom. The number of phenols is 2. The second-order valence-corrected chi connectivity index (χ2v) is 20.7. The summed E-state index contributed by atoms with van der Waals surface area (Å²) in [5.74, 6) is 0.810. The van der Waals surface area contributed by atoms with Crippen LogP contribution in [0.3, 0.4) is 0 Å². The number of allylic oxidation sites excluding steroid dienone is 1. The highest BCUT2D eigenvalue weighted by Gasteiger charge is 2.60. The topological polar surface area (TPSA) is 173 Å². The average molecular weight is 882 g/mol. The maximum absolute atomic E-state index is 13.0. The summed E-state index contributed by atoms with van der Waals surface area (Å²) in [7, 11) is 0. The Hall–Kier alpha value is -3.76. The van der Waals surface area contributed by atoms with E-state index in [0.717, 1.165) is 48.3 Å². The number of fused-ring (bicyclic) bond motifs is 5. The zero-order chi connectivity index (χ0) is 44.4. The van der Waals surface area contributed by atoms with Crippen molar-refractivity contribution in [1.82, 2.24) is 10.6 Å². The maximum Gasteiger partial charge on any atom is 0.322 e. The van der Waals surface area contributed by atoms with Gasteiger partial charge in [-0.2, -0.15) is 0 Å². The summed E-state index contributed by atoms with van der Waals surface area (Å²) in [6.45, 7) is 11.2. The molecule has 0 aliphatic heterocycles. The molecule has 6 rings (SSSR count). The van der Waals surface area contributed by atoms with Gasteiger partial charge in [-0.05, 0) is 170 Å². The van der Waals surface area contributed by atoms with Crippen molar-refractivity contribution in [3.8, 4) is 11.5 Å². The number of benzene rings is 2. The van der Waals surface area contributed by atoms with Gasteiger partial charge in [0.05, 0.1) is 21.2 Å². The Kier molecular flexibility index (Phi) is 14.8. The summed E-state index contributed by atoms with van der Waals surface area (Å²) in [6.07, 6.45) is 19.3. The first-order valence-corrected chi connectivity index (χ1v) is 23.3. The van der Waals surface area contributed by atoms with Gasteiger partial charge in [0.25, 0.3) is 11.8 Å². The number of nitrogens with one attached hydrogen (secondary N) is 2. The number of carbonyl (C=O) groups is 4. The molecule has 12 heteroatoms. The minimum atomic E-state index is -1.26. The van der Waals surface area contributed by atoms with Crippen LogP contribution >= 0.6 is 23.2 Å². The van der Waals surface area contributed by atoms with Crippen molar-refractivity contribution in [2.24, 2.45) is 58.2 Å². The SMILES string of the molecule is CC(C)CCC[C@@H](C)[C@H]1CC[C@H]2[C@@H]3CC[C@H]4C[C@@H](CCC=C(c5cc(Cl)c(O)c(C(=O)NCC(=O)O)c5)c5cc(Cl)c(O)c(C(=O)NCC(=O)O)c5)CC[C@]4(C)[C@H]3CC[C@]12C. The molecule has 4 saturated carbocycles. The van der Waals surface area contributed by atoms with Crippen molar-refractivity contribution in [3.05, 3.63) is 62.6 Å². The van der Waals surface area contributed by atoms with Crippen LogP contribution in [0.15, 0.2) is 30.3 Å². The van der Waals surface area contributed by atoms with Crippen LogP contribution in [0.5, 0.6) is 11.5 Å². The molecule has 0 radical (unpaired) electrons. The van der Waals surface area contributed by atoms with Gasteiger partial charge in [-0.3, -0.25) is 19.2 Å². The quantitative estimate of drug-likeness (QED) is 0.0966. The first kappa shape index (κ1) is 46.7. The van der Waals surface area contributed by atoms with Gasteiger partial charge < -0.3 is 31.1 Å². The van der Waals surface area contributed by atoms with Crippen LogP contribution in [-0.2, 0) is 9.59 Å². The monoisotopic (exact) mass is 880 g/mol. The maximum atomic E-state index is 13.0. The van der Waals surface area contributed by atoms with E-state index in [1.807, 2.05) is 6.08 Å². The highest BCUT2D eigenvalue weighted by Crippen LogP contribution is 2.69. The normalized spacial score (nSPS) is 28.5. The third-order valence-electron chi connectivity index (χ3n) is 15.9. The predicted molar refractivity (Wildman–Crippen MR) is 239 cm³/mol. The molecule has 0 saturated heterocycles. The van der Waals surface area contributed by atoms with Crippen LogP contribution in [0, 0.1) is 58.2 Å². The van der Waals surface area contributed by atoms with E-state index in [4.69, 9.17) is 33.4 Å². The van der Waals surface area contributed by atoms with Crippen molar-refractivity contribution in [3.63, 3.8) is 0 Å². The Bertz CT molecular complexity index is 1930. The molecular formula is C49H66Cl2N2O8. The summed E-state index contributed by atoms with van der Waals surface area (Å²) >= 11 is 13.0. The molecule has 2 aromatic carbocycles. The lowest BCUT2D eigenvalue weighted by atomic mass is 9.44. The molecule has 4 fully saturated rings. The Labute approximate surface area is 371 Å². The first-order chi connectivity index (χ1) is 28.8. The lowest BCUT2D eigenvalue weighted by Gasteiger charge is -2.61. The lowest BCUT2D eigenvalue weighted by Crippen LogP contribution is -2.53. The molecule has 334 valence electrons. The molecule has 61 heavy (non-hydrogen) atoms. The largest absolute Gasteiger partial charge is 0.506 e. The first-order valence-electron chi connectivity index (χ1n) is 22.6. The van der Waals surface area contributed by atoms with E-state index in [0.29, 0.717) is 45.8 Å². The molecule has 0 spiro atoms. The van der Waals surface area contributed by atoms with E-state index >= 15 is 0 Å². The molecule has 2 amide bonds. The fourth-order valence-electron chi connectivity index (χ4n) is 12.9. The molecule has 0 heterocycles. The Morgan fingerprint density at radius 3 is 1.87 bits per heavy atom. The van der Waals surface area contributed by atoms with Gasteiger partial charge in [-0.25, -0.2) is 0 Å². The van der Waals surface area contributed by atoms with Gasteiger partial charge in [-0.15, -0.1) is 0 Å². The standard InChI is InChI=1S/C49H66Cl2N2O8/c1-27(2)8-6-9-28(3)37-14-15-38-34-13-12-32-20-29(16-18-48(32,4)39(34)17-19-49(37,38)5)10-7-11-33(30-21-35(44(58)40(50)23-30)46(60)52-25-42(54)55)31-22-36(45(59)41(51)24-31)47(61)53-26-43(56)57/h11,21-24,27-29,32,34,37-39,58-59H,6-10,12-20,25-26H2,1-5H3,(H,52,60)(H,53,61)(H,54,55)(H,56,57)/t28-,29+,32+,34+,37-,38+,39+,48+,49-/m1/s1. The minimum absolute atomic E-state index is 0.150. The second kappa shape index (κ2) is 19.3. The molecule has 6 N–H and O–H groups in total. The number of carboxylic acid groups (broad SMARTS) is 2. The smallest absolute Gasteiger partial charge is 0.322 e. The van der Waals surface area contributed by atoms with Gasteiger partial charge in [0, 0.05) is 0 Å². The zero-order valence-corrected chi connectivity index (χ0v) is 38.0. The molecule has 0 unspecified atom stereocenters. The van der Waals surface area contributed by atoms with Crippen LogP contribution in [0.25, 0.3) is 5.57 Å². The van der Waals surface area contributed by atoms with Crippen LogP contribution < -0.4 is 10.6 Å². The van der Waals surface area contributed by atoms with Crippen molar-refractivity contribution >= 4 is 52.5 Å². The van der Waals surface area contributed by atoms with Crippen molar-refractivity contribution < 1.29 is 39.6 Å².